The second-order valence-corrected chi connectivity index (χ2v) is 5.06. The summed E-state index contributed by atoms with van der Waals surface area (Å²) in [4.78, 5) is 15.7. The SMILES string of the molecule is Fc1cc(F)c2nc(Cn3ccnc3-c3ccccn3)[nH]c2c1. The zero-order valence-electron chi connectivity index (χ0n) is 11.9. The number of imidazole rings is 2. The number of benzene rings is 1. The molecule has 0 spiro atoms. The van der Waals surface area contributed by atoms with E-state index < -0.39 is 11.6 Å². The molecule has 0 atom stereocenters. The minimum absolute atomic E-state index is 0.126. The number of pyridine rings is 1. The molecule has 7 heteroatoms. The van der Waals surface area contributed by atoms with Crippen molar-refractivity contribution in [1.29, 1.82) is 0 Å². The van der Waals surface area contributed by atoms with Crippen LogP contribution in [0.2, 0.25) is 0 Å². The fourth-order valence-electron chi connectivity index (χ4n) is 2.49. The lowest BCUT2D eigenvalue weighted by molar-refractivity contribution is 0.590. The zero-order chi connectivity index (χ0) is 15.8. The Morgan fingerprint density at radius 2 is 2.00 bits per heavy atom. The van der Waals surface area contributed by atoms with Gasteiger partial charge in [-0.15, -0.1) is 0 Å². The molecule has 1 aromatic carbocycles. The molecule has 1 N–H and O–H groups in total. The standard InChI is InChI=1S/C16H11F2N5/c17-10-7-11(18)15-13(8-10)21-14(22-15)9-23-6-5-20-16(23)12-3-1-2-4-19-12/h1-8H,9H2,(H,21,22). The lowest BCUT2D eigenvalue weighted by Crippen LogP contribution is -2.03. The summed E-state index contributed by atoms with van der Waals surface area (Å²) in [6.07, 6.45) is 5.13. The Morgan fingerprint density at radius 1 is 1.09 bits per heavy atom. The number of aromatic amines is 1. The van der Waals surface area contributed by atoms with Crippen LogP contribution in [0.4, 0.5) is 8.78 Å². The van der Waals surface area contributed by atoms with E-state index in [9.17, 15) is 8.78 Å². The Morgan fingerprint density at radius 3 is 2.83 bits per heavy atom. The van der Waals surface area contributed by atoms with Crippen molar-refractivity contribution >= 4 is 11.0 Å². The first kappa shape index (κ1) is 13.6. The second kappa shape index (κ2) is 5.28. The number of hydrogen-bond donors (Lipinski definition) is 1. The van der Waals surface area contributed by atoms with E-state index in [4.69, 9.17) is 0 Å². The van der Waals surface area contributed by atoms with Crippen molar-refractivity contribution in [3.05, 3.63) is 66.4 Å². The molecule has 0 saturated carbocycles. The van der Waals surface area contributed by atoms with E-state index in [2.05, 4.69) is 19.9 Å². The smallest absolute Gasteiger partial charge is 0.159 e. The number of rotatable bonds is 3. The Hall–Kier alpha value is -3.09. The summed E-state index contributed by atoms with van der Waals surface area (Å²) >= 11 is 0. The maximum Gasteiger partial charge on any atom is 0.159 e. The quantitative estimate of drug-likeness (QED) is 0.632. The van der Waals surface area contributed by atoms with Gasteiger partial charge < -0.3 is 9.55 Å². The molecule has 0 bridgehead atoms. The van der Waals surface area contributed by atoms with Crippen LogP contribution in [0.1, 0.15) is 5.82 Å². The van der Waals surface area contributed by atoms with E-state index in [1.807, 2.05) is 22.8 Å². The zero-order valence-corrected chi connectivity index (χ0v) is 11.9. The third-order valence-corrected chi connectivity index (χ3v) is 3.48. The summed E-state index contributed by atoms with van der Waals surface area (Å²) in [6.45, 7) is 0.349. The number of nitrogens with one attached hydrogen (secondary N) is 1. The molecule has 114 valence electrons. The van der Waals surface area contributed by atoms with Crippen LogP contribution >= 0.6 is 0 Å². The van der Waals surface area contributed by atoms with Gasteiger partial charge in [0, 0.05) is 24.7 Å². The lowest BCUT2D eigenvalue weighted by atomic mass is 10.3. The third-order valence-electron chi connectivity index (χ3n) is 3.48. The number of fused-ring (bicyclic) bond motifs is 1. The maximum atomic E-state index is 13.7. The topological polar surface area (TPSA) is 59.4 Å². The number of nitrogens with zero attached hydrogens (tertiary/aromatic N) is 4. The summed E-state index contributed by atoms with van der Waals surface area (Å²) in [5, 5.41) is 0. The van der Waals surface area contributed by atoms with E-state index in [1.165, 1.54) is 6.07 Å². The summed E-state index contributed by atoms with van der Waals surface area (Å²) in [5.41, 5.74) is 1.18. The summed E-state index contributed by atoms with van der Waals surface area (Å²) in [7, 11) is 0. The van der Waals surface area contributed by atoms with Crippen LogP contribution in [0.25, 0.3) is 22.6 Å². The summed E-state index contributed by atoms with van der Waals surface area (Å²) in [5.74, 6) is -0.127. The fourth-order valence-corrected chi connectivity index (χ4v) is 2.49. The van der Waals surface area contributed by atoms with Crippen molar-refractivity contribution in [1.82, 2.24) is 24.5 Å². The predicted molar refractivity (Wildman–Crippen MR) is 80.6 cm³/mol. The van der Waals surface area contributed by atoms with Crippen molar-refractivity contribution in [2.75, 3.05) is 0 Å². The van der Waals surface area contributed by atoms with Gasteiger partial charge in [0.2, 0.25) is 0 Å². The highest BCUT2D eigenvalue weighted by Crippen LogP contribution is 2.19. The van der Waals surface area contributed by atoms with Gasteiger partial charge in [0.15, 0.2) is 11.6 Å². The molecule has 0 aliphatic carbocycles. The highest BCUT2D eigenvalue weighted by atomic mass is 19.1. The number of halogens is 2. The average Bonchev–Trinajstić information content (AvgIpc) is 3.15. The summed E-state index contributed by atoms with van der Waals surface area (Å²) < 4.78 is 28.8. The number of aromatic nitrogens is 5. The van der Waals surface area contributed by atoms with Crippen molar-refractivity contribution in [2.45, 2.75) is 6.54 Å². The Balaban J connectivity index is 1.72. The van der Waals surface area contributed by atoms with Crippen LogP contribution in [-0.4, -0.2) is 24.5 Å². The van der Waals surface area contributed by atoms with Crippen LogP contribution in [0.15, 0.2) is 48.9 Å². The van der Waals surface area contributed by atoms with Gasteiger partial charge in [0.1, 0.15) is 22.9 Å². The van der Waals surface area contributed by atoms with Gasteiger partial charge >= 0.3 is 0 Å². The van der Waals surface area contributed by atoms with Crippen molar-refractivity contribution in [3.63, 3.8) is 0 Å². The largest absolute Gasteiger partial charge is 0.340 e. The van der Waals surface area contributed by atoms with Crippen LogP contribution in [0, 0.1) is 11.6 Å². The van der Waals surface area contributed by atoms with Gasteiger partial charge in [-0.05, 0) is 18.2 Å². The fraction of sp³-hybridized carbons (Fsp3) is 0.0625. The van der Waals surface area contributed by atoms with E-state index in [1.54, 1.807) is 18.6 Å². The van der Waals surface area contributed by atoms with Crippen molar-refractivity contribution in [2.24, 2.45) is 0 Å². The Bertz CT molecular complexity index is 975. The molecular weight excluding hydrogens is 300 g/mol. The number of hydrogen-bond acceptors (Lipinski definition) is 3. The number of H-pyrrole nitrogens is 1. The first-order chi connectivity index (χ1) is 11.2. The molecule has 23 heavy (non-hydrogen) atoms. The molecule has 0 fully saturated rings. The van der Waals surface area contributed by atoms with Crippen LogP contribution in [-0.2, 0) is 6.54 Å². The predicted octanol–water partition coefficient (Wildman–Crippen LogP) is 3.15. The van der Waals surface area contributed by atoms with Crippen LogP contribution in [0.5, 0.6) is 0 Å². The van der Waals surface area contributed by atoms with E-state index in [0.717, 1.165) is 11.8 Å². The van der Waals surface area contributed by atoms with Gasteiger partial charge in [-0.3, -0.25) is 4.98 Å². The van der Waals surface area contributed by atoms with Crippen LogP contribution in [0.3, 0.4) is 0 Å². The van der Waals surface area contributed by atoms with E-state index in [0.29, 0.717) is 23.7 Å². The minimum Gasteiger partial charge on any atom is -0.340 e. The van der Waals surface area contributed by atoms with Gasteiger partial charge in [0.25, 0.3) is 0 Å². The second-order valence-electron chi connectivity index (χ2n) is 5.06. The van der Waals surface area contributed by atoms with Gasteiger partial charge in [-0.1, -0.05) is 6.07 Å². The lowest BCUT2D eigenvalue weighted by Gasteiger charge is -2.05. The maximum absolute atomic E-state index is 13.7. The molecule has 4 aromatic rings. The first-order valence-electron chi connectivity index (χ1n) is 6.97. The van der Waals surface area contributed by atoms with Crippen molar-refractivity contribution in [3.8, 4) is 11.5 Å². The Kier molecular flexibility index (Phi) is 3.11. The molecular formula is C16H11F2N5. The molecule has 0 aliphatic heterocycles. The molecule has 3 aromatic heterocycles. The minimum atomic E-state index is -0.682. The molecule has 3 heterocycles. The molecule has 4 rings (SSSR count). The van der Waals surface area contributed by atoms with Gasteiger partial charge in [-0.2, -0.15) is 0 Å². The van der Waals surface area contributed by atoms with Gasteiger partial charge in [-0.25, -0.2) is 18.7 Å². The van der Waals surface area contributed by atoms with Gasteiger partial charge in [0.05, 0.1) is 12.1 Å². The Labute approximate surface area is 129 Å². The highest BCUT2D eigenvalue weighted by molar-refractivity contribution is 5.75. The molecule has 0 amide bonds. The average molecular weight is 311 g/mol. The van der Waals surface area contributed by atoms with Crippen molar-refractivity contribution < 1.29 is 8.78 Å². The van der Waals surface area contributed by atoms with E-state index >= 15 is 0 Å². The molecule has 5 nitrogen and oxygen atoms in total. The third kappa shape index (κ3) is 2.46. The first-order valence-corrected chi connectivity index (χ1v) is 6.97. The highest BCUT2D eigenvalue weighted by Gasteiger charge is 2.12. The molecule has 0 saturated heterocycles. The summed E-state index contributed by atoms with van der Waals surface area (Å²) in [6, 6.07) is 7.60. The monoisotopic (exact) mass is 311 g/mol. The molecule has 0 aliphatic rings. The molecule has 0 unspecified atom stereocenters. The molecule has 0 radical (unpaired) electrons. The van der Waals surface area contributed by atoms with Crippen LogP contribution < -0.4 is 0 Å². The normalized spacial score (nSPS) is 11.2. The van der Waals surface area contributed by atoms with E-state index in [-0.39, 0.29) is 5.52 Å².